The maximum Gasteiger partial charge on any atom is 0.175 e. The number of rotatable bonds is 5. The molecule has 0 bridgehead atoms. The molecule has 0 saturated heterocycles. The van der Waals surface area contributed by atoms with Crippen molar-refractivity contribution in [3.8, 4) is 0 Å². The molecular weight excluding hydrogens is 310 g/mol. The quantitative estimate of drug-likeness (QED) is 0.856. The fraction of sp³-hybridized carbons (Fsp3) is 0.273. The third-order valence-corrected chi connectivity index (χ3v) is 5.35. The zero-order valence-corrected chi connectivity index (χ0v) is 12.3. The lowest BCUT2D eigenvalue weighted by Gasteiger charge is -2.10. The van der Waals surface area contributed by atoms with E-state index in [1.165, 1.54) is 34.9 Å². The first-order chi connectivity index (χ1) is 9.10. The topological polar surface area (TPSA) is 46.0 Å². The van der Waals surface area contributed by atoms with E-state index in [4.69, 9.17) is 0 Å². The summed E-state index contributed by atoms with van der Waals surface area (Å²) < 4.78 is 28.0. The predicted octanol–water partition coefficient (Wildman–Crippen LogP) is 3.36. The monoisotopic (exact) mass is 320 g/mol. The summed E-state index contributed by atoms with van der Waals surface area (Å²) >= 11 is 4.15. The number of halogens is 2. The molecule has 0 amide bonds. The number of benzene rings is 1. The highest BCUT2D eigenvalue weighted by molar-refractivity contribution is 8.02. The molecule has 2 aromatic rings. The first kappa shape index (κ1) is 14.7. The maximum absolute atomic E-state index is 13.4. The summed E-state index contributed by atoms with van der Waals surface area (Å²) in [5, 5.41) is 17.7. The smallest absolute Gasteiger partial charge is 0.175 e. The number of aliphatic hydroxyl groups excluding tert-OH is 1. The SMILES string of the molecule is CSc1nnc(SC[C@@H](O)c2cc(F)ccc2F)s1. The van der Waals surface area contributed by atoms with Crippen LogP contribution in [0.5, 0.6) is 0 Å². The summed E-state index contributed by atoms with van der Waals surface area (Å²) in [5.41, 5.74) is -0.0397. The van der Waals surface area contributed by atoms with Gasteiger partial charge in [-0.25, -0.2) is 8.78 Å². The number of thioether (sulfide) groups is 2. The molecule has 0 aliphatic rings. The Bertz CT molecular complexity index is 565. The van der Waals surface area contributed by atoms with Crippen LogP contribution in [0.2, 0.25) is 0 Å². The molecule has 0 fully saturated rings. The van der Waals surface area contributed by atoms with Crippen LogP contribution < -0.4 is 0 Å². The Morgan fingerprint density at radius 1 is 1.32 bits per heavy atom. The Morgan fingerprint density at radius 2 is 2.05 bits per heavy atom. The minimum Gasteiger partial charge on any atom is -0.387 e. The third kappa shape index (κ3) is 3.88. The molecule has 8 heteroatoms. The van der Waals surface area contributed by atoms with Crippen molar-refractivity contribution in [2.24, 2.45) is 0 Å². The van der Waals surface area contributed by atoms with E-state index in [0.717, 1.165) is 22.5 Å². The average molecular weight is 320 g/mol. The van der Waals surface area contributed by atoms with Crippen molar-refractivity contribution in [2.45, 2.75) is 14.8 Å². The molecule has 1 N–H and O–H groups in total. The van der Waals surface area contributed by atoms with E-state index in [0.29, 0.717) is 4.34 Å². The summed E-state index contributed by atoms with van der Waals surface area (Å²) in [5.74, 6) is -0.985. The van der Waals surface area contributed by atoms with Gasteiger partial charge in [-0.05, 0) is 24.5 Å². The van der Waals surface area contributed by atoms with Crippen LogP contribution >= 0.6 is 34.9 Å². The Labute approximate surface area is 121 Å². The van der Waals surface area contributed by atoms with Crippen molar-refractivity contribution >= 4 is 34.9 Å². The largest absolute Gasteiger partial charge is 0.387 e. The van der Waals surface area contributed by atoms with E-state index < -0.39 is 17.7 Å². The van der Waals surface area contributed by atoms with Gasteiger partial charge in [-0.15, -0.1) is 10.2 Å². The number of hydrogen-bond acceptors (Lipinski definition) is 6. The molecule has 1 aromatic carbocycles. The zero-order valence-electron chi connectivity index (χ0n) is 9.84. The van der Waals surface area contributed by atoms with Gasteiger partial charge in [0, 0.05) is 11.3 Å². The van der Waals surface area contributed by atoms with Crippen LogP contribution in [0.15, 0.2) is 26.9 Å². The molecular formula is C11H10F2N2OS3. The molecule has 0 aliphatic heterocycles. The van der Waals surface area contributed by atoms with E-state index in [-0.39, 0.29) is 11.3 Å². The van der Waals surface area contributed by atoms with Gasteiger partial charge < -0.3 is 5.11 Å². The summed E-state index contributed by atoms with van der Waals surface area (Å²) in [4.78, 5) is 0. The second-order valence-electron chi connectivity index (χ2n) is 3.53. The zero-order chi connectivity index (χ0) is 13.8. The van der Waals surface area contributed by atoms with Crippen LogP contribution in [0.4, 0.5) is 8.78 Å². The van der Waals surface area contributed by atoms with Crippen LogP contribution in [0.3, 0.4) is 0 Å². The average Bonchev–Trinajstić information content (AvgIpc) is 2.87. The Hall–Kier alpha value is -0.700. The van der Waals surface area contributed by atoms with E-state index >= 15 is 0 Å². The molecule has 0 unspecified atom stereocenters. The number of aliphatic hydroxyl groups is 1. The lowest BCUT2D eigenvalue weighted by molar-refractivity contribution is 0.198. The fourth-order valence-corrected chi connectivity index (χ4v) is 3.77. The van der Waals surface area contributed by atoms with E-state index in [1.807, 2.05) is 6.26 Å². The first-order valence-electron chi connectivity index (χ1n) is 5.23. The normalized spacial score (nSPS) is 12.6. The third-order valence-electron chi connectivity index (χ3n) is 2.24. The molecule has 19 heavy (non-hydrogen) atoms. The van der Waals surface area contributed by atoms with Gasteiger partial charge >= 0.3 is 0 Å². The molecule has 0 aliphatic carbocycles. The highest BCUT2D eigenvalue weighted by Gasteiger charge is 2.15. The Morgan fingerprint density at radius 3 is 2.74 bits per heavy atom. The molecule has 1 heterocycles. The van der Waals surface area contributed by atoms with Crippen LogP contribution in [0, 0.1) is 11.6 Å². The summed E-state index contributed by atoms with van der Waals surface area (Å²) in [6.07, 6.45) is 0.814. The van der Waals surface area contributed by atoms with Crippen molar-refractivity contribution in [1.29, 1.82) is 0 Å². The number of nitrogens with zero attached hydrogens (tertiary/aromatic N) is 2. The first-order valence-corrected chi connectivity index (χ1v) is 8.26. The minimum atomic E-state index is -1.08. The molecule has 0 radical (unpaired) electrons. The maximum atomic E-state index is 13.4. The summed E-state index contributed by atoms with van der Waals surface area (Å²) in [6.45, 7) is 0. The fourth-order valence-electron chi connectivity index (χ4n) is 1.35. The highest BCUT2D eigenvalue weighted by Crippen LogP contribution is 2.30. The van der Waals surface area contributed by atoms with Crippen LogP contribution in [-0.2, 0) is 0 Å². The summed E-state index contributed by atoms with van der Waals surface area (Å²) in [6, 6.07) is 3.04. The van der Waals surface area contributed by atoms with Gasteiger partial charge in [-0.3, -0.25) is 0 Å². The Kier molecular flexibility index (Phi) is 5.14. The van der Waals surface area contributed by atoms with Crippen molar-refractivity contribution in [3.05, 3.63) is 35.4 Å². The molecule has 1 atom stereocenters. The Balaban J connectivity index is 2.00. The second-order valence-corrected chi connectivity index (χ2v) is 6.83. The lowest BCUT2D eigenvalue weighted by atomic mass is 10.1. The predicted molar refractivity (Wildman–Crippen MR) is 73.7 cm³/mol. The standard InChI is InChI=1S/C11H10F2N2OS3/c1-17-10-14-15-11(19-10)18-5-9(16)7-4-6(12)2-3-8(7)13/h2-4,9,16H,5H2,1H3/t9-/m1/s1. The van der Waals surface area contributed by atoms with Gasteiger partial charge in [0.2, 0.25) is 0 Å². The van der Waals surface area contributed by atoms with Gasteiger partial charge in [0.25, 0.3) is 0 Å². The highest BCUT2D eigenvalue weighted by atomic mass is 32.2. The van der Waals surface area contributed by atoms with Gasteiger partial charge in [0.1, 0.15) is 11.6 Å². The van der Waals surface area contributed by atoms with Crippen LogP contribution in [-0.4, -0.2) is 27.3 Å². The number of aromatic nitrogens is 2. The lowest BCUT2D eigenvalue weighted by Crippen LogP contribution is -2.04. The van der Waals surface area contributed by atoms with Gasteiger partial charge in [-0.1, -0.05) is 34.9 Å². The molecule has 3 nitrogen and oxygen atoms in total. The summed E-state index contributed by atoms with van der Waals surface area (Å²) in [7, 11) is 0. The number of hydrogen-bond donors (Lipinski definition) is 1. The van der Waals surface area contributed by atoms with E-state index in [2.05, 4.69) is 10.2 Å². The second kappa shape index (κ2) is 6.65. The van der Waals surface area contributed by atoms with Crippen LogP contribution in [0.25, 0.3) is 0 Å². The molecule has 0 spiro atoms. The van der Waals surface area contributed by atoms with Crippen molar-refractivity contribution in [1.82, 2.24) is 10.2 Å². The molecule has 2 rings (SSSR count). The van der Waals surface area contributed by atoms with Gasteiger partial charge in [0.15, 0.2) is 8.68 Å². The van der Waals surface area contributed by atoms with Crippen LogP contribution in [0.1, 0.15) is 11.7 Å². The molecule has 0 saturated carbocycles. The van der Waals surface area contributed by atoms with Gasteiger partial charge in [0.05, 0.1) is 6.10 Å². The molecule has 1 aromatic heterocycles. The van der Waals surface area contributed by atoms with Crippen molar-refractivity contribution < 1.29 is 13.9 Å². The van der Waals surface area contributed by atoms with E-state index in [1.54, 1.807) is 0 Å². The van der Waals surface area contributed by atoms with Gasteiger partial charge in [-0.2, -0.15) is 0 Å². The van der Waals surface area contributed by atoms with Crippen molar-refractivity contribution in [2.75, 3.05) is 12.0 Å². The van der Waals surface area contributed by atoms with Crippen molar-refractivity contribution in [3.63, 3.8) is 0 Å². The van der Waals surface area contributed by atoms with E-state index in [9.17, 15) is 13.9 Å². The molecule has 102 valence electrons. The minimum absolute atomic E-state index is 0.0397.